The van der Waals surface area contributed by atoms with Crippen LogP contribution in [0.1, 0.15) is 40.5 Å². The maximum Gasteiger partial charge on any atom is 0.257 e. The Morgan fingerprint density at radius 2 is 1.96 bits per heavy atom. The van der Waals surface area contributed by atoms with Crippen molar-refractivity contribution >= 4 is 5.91 Å². The fourth-order valence-electron chi connectivity index (χ4n) is 3.57. The van der Waals surface area contributed by atoms with Crippen LogP contribution < -0.4 is 0 Å². The number of para-hydroxylation sites is 1. The molecule has 0 aliphatic carbocycles. The molecule has 1 unspecified atom stereocenters. The van der Waals surface area contributed by atoms with E-state index in [4.69, 9.17) is 0 Å². The summed E-state index contributed by atoms with van der Waals surface area (Å²) >= 11 is 0. The van der Waals surface area contributed by atoms with Crippen molar-refractivity contribution < 1.29 is 4.79 Å². The van der Waals surface area contributed by atoms with E-state index in [9.17, 15) is 4.79 Å². The third kappa shape index (κ3) is 2.73. The molecule has 1 saturated heterocycles. The number of hydrogen-bond acceptors (Lipinski definition) is 3. The number of carbonyl (C=O) groups excluding carboxylic acids is 1. The maximum absolute atomic E-state index is 13.1. The first-order chi connectivity index (χ1) is 12.1. The number of aromatic nitrogens is 4. The number of hydrogen-bond donors (Lipinski definition) is 0. The van der Waals surface area contributed by atoms with Gasteiger partial charge >= 0.3 is 0 Å². The van der Waals surface area contributed by atoms with Gasteiger partial charge in [-0.2, -0.15) is 10.2 Å². The Balaban J connectivity index is 1.64. The van der Waals surface area contributed by atoms with E-state index >= 15 is 0 Å². The summed E-state index contributed by atoms with van der Waals surface area (Å²) in [7, 11) is 1.90. The minimum absolute atomic E-state index is 0.0473. The molecule has 0 N–H and O–H groups in total. The van der Waals surface area contributed by atoms with Crippen LogP contribution in [-0.4, -0.2) is 36.9 Å². The fourth-order valence-corrected chi connectivity index (χ4v) is 3.57. The van der Waals surface area contributed by atoms with Gasteiger partial charge in [0.2, 0.25) is 0 Å². The highest BCUT2D eigenvalue weighted by Gasteiger charge is 2.32. The molecule has 0 spiro atoms. The van der Waals surface area contributed by atoms with Gasteiger partial charge < -0.3 is 4.90 Å². The minimum atomic E-state index is 0.0473. The van der Waals surface area contributed by atoms with Crippen molar-refractivity contribution in [1.29, 1.82) is 0 Å². The Morgan fingerprint density at radius 1 is 1.16 bits per heavy atom. The molecule has 1 amide bonds. The Hall–Kier alpha value is -2.89. The molecule has 25 heavy (non-hydrogen) atoms. The van der Waals surface area contributed by atoms with Crippen LogP contribution in [-0.2, 0) is 7.05 Å². The molecule has 1 aliphatic rings. The molecule has 6 heteroatoms. The predicted molar refractivity (Wildman–Crippen MR) is 94.5 cm³/mol. The molecule has 1 aliphatic heterocycles. The van der Waals surface area contributed by atoms with Crippen LogP contribution in [0.3, 0.4) is 0 Å². The highest BCUT2D eigenvalue weighted by atomic mass is 16.2. The number of amides is 1. The standard InChI is InChI=1S/C19H21N5O/c1-14-17(12-21-24(14)16-7-4-3-5-8-16)19(25)23-10-6-9-18(23)15-11-20-22(2)13-15/h3-5,7-8,11-13,18H,6,9-10H2,1-2H3. The van der Waals surface area contributed by atoms with Crippen molar-refractivity contribution in [2.24, 2.45) is 7.05 Å². The molecule has 6 nitrogen and oxygen atoms in total. The van der Waals surface area contributed by atoms with E-state index in [1.165, 1.54) is 0 Å². The molecule has 0 bridgehead atoms. The highest BCUT2D eigenvalue weighted by Crippen LogP contribution is 2.33. The quantitative estimate of drug-likeness (QED) is 0.739. The van der Waals surface area contributed by atoms with Crippen LogP contribution in [0.2, 0.25) is 0 Å². The summed E-state index contributed by atoms with van der Waals surface area (Å²) in [5.41, 5.74) is 3.60. The second-order valence-corrected chi connectivity index (χ2v) is 6.49. The van der Waals surface area contributed by atoms with E-state index in [1.807, 2.05) is 66.3 Å². The lowest BCUT2D eigenvalue weighted by Gasteiger charge is -2.23. The molecule has 128 valence electrons. The Morgan fingerprint density at radius 3 is 2.68 bits per heavy atom. The monoisotopic (exact) mass is 335 g/mol. The van der Waals surface area contributed by atoms with Crippen LogP contribution in [0.25, 0.3) is 5.69 Å². The Kier molecular flexibility index (Phi) is 3.87. The molecular formula is C19H21N5O. The van der Waals surface area contributed by atoms with Crippen molar-refractivity contribution in [3.05, 3.63) is 65.7 Å². The first-order valence-electron chi connectivity index (χ1n) is 8.54. The number of aryl methyl sites for hydroxylation is 1. The van der Waals surface area contributed by atoms with Crippen molar-refractivity contribution in [3.8, 4) is 5.69 Å². The molecule has 3 heterocycles. The summed E-state index contributed by atoms with van der Waals surface area (Å²) < 4.78 is 3.61. The zero-order chi connectivity index (χ0) is 17.4. The van der Waals surface area contributed by atoms with Gasteiger partial charge in [0.05, 0.1) is 35.4 Å². The summed E-state index contributed by atoms with van der Waals surface area (Å²) in [6, 6.07) is 9.98. The van der Waals surface area contributed by atoms with Crippen LogP contribution >= 0.6 is 0 Å². The summed E-state index contributed by atoms with van der Waals surface area (Å²) in [5.74, 6) is 0.0473. The third-order valence-corrected chi connectivity index (χ3v) is 4.86. The van der Waals surface area contributed by atoms with Gasteiger partial charge in [-0.1, -0.05) is 18.2 Å². The first kappa shape index (κ1) is 15.6. The average Bonchev–Trinajstić information content (AvgIpc) is 3.34. The molecule has 3 aromatic rings. The number of rotatable bonds is 3. The van der Waals surface area contributed by atoms with Gasteiger partial charge in [-0.05, 0) is 31.9 Å². The number of likely N-dealkylation sites (tertiary alicyclic amines) is 1. The molecule has 1 atom stereocenters. The molecule has 0 saturated carbocycles. The van der Waals surface area contributed by atoms with Gasteiger partial charge in [-0.25, -0.2) is 4.68 Å². The summed E-state index contributed by atoms with van der Waals surface area (Å²) in [4.78, 5) is 15.1. The van der Waals surface area contributed by atoms with Crippen LogP contribution in [0.15, 0.2) is 48.9 Å². The first-order valence-corrected chi connectivity index (χ1v) is 8.54. The van der Waals surface area contributed by atoms with Crippen LogP contribution in [0.4, 0.5) is 0 Å². The zero-order valence-corrected chi connectivity index (χ0v) is 14.5. The SMILES string of the molecule is Cc1c(C(=O)N2CCCC2c2cnn(C)c2)cnn1-c1ccccc1. The third-order valence-electron chi connectivity index (χ3n) is 4.86. The van der Waals surface area contributed by atoms with Crippen molar-refractivity contribution in [3.63, 3.8) is 0 Å². The Labute approximate surface area is 146 Å². The minimum Gasteiger partial charge on any atom is -0.331 e. The molecule has 4 rings (SSSR count). The van der Waals surface area contributed by atoms with Gasteiger partial charge in [0.1, 0.15) is 0 Å². The topological polar surface area (TPSA) is 56.0 Å². The predicted octanol–water partition coefficient (Wildman–Crippen LogP) is 2.89. The van der Waals surface area contributed by atoms with Crippen molar-refractivity contribution in [1.82, 2.24) is 24.5 Å². The van der Waals surface area contributed by atoms with Gasteiger partial charge in [-0.15, -0.1) is 0 Å². The van der Waals surface area contributed by atoms with Crippen LogP contribution in [0.5, 0.6) is 0 Å². The van der Waals surface area contributed by atoms with Crippen LogP contribution in [0, 0.1) is 6.92 Å². The van der Waals surface area contributed by atoms with Gasteiger partial charge in [0, 0.05) is 25.4 Å². The number of benzene rings is 1. The van der Waals surface area contributed by atoms with Gasteiger partial charge in [0.25, 0.3) is 5.91 Å². The second kappa shape index (κ2) is 6.20. The molecule has 1 aromatic carbocycles. The lowest BCUT2D eigenvalue weighted by molar-refractivity contribution is 0.0735. The largest absolute Gasteiger partial charge is 0.331 e. The average molecular weight is 335 g/mol. The Bertz CT molecular complexity index is 896. The van der Waals surface area contributed by atoms with E-state index in [1.54, 1.807) is 10.9 Å². The van der Waals surface area contributed by atoms with E-state index in [0.29, 0.717) is 5.56 Å². The van der Waals surface area contributed by atoms with E-state index in [2.05, 4.69) is 10.2 Å². The van der Waals surface area contributed by atoms with E-state index in [-0.39, 0.29) is 11.9 Å². The molecular weight excluding hydrogens is 314 g/mol. The zero-order valence-electron chi connectivity index (χ0n) is 14.5. The van der Waals surface area contributed by atoms with Crippen molar-refractivity contribution in [2.45, 2.75) is 25.8 Å². The van der Waals surface area contributed by atoms with Gasteiger partial charge in [0.15, 0.2) is 0 Å². The number of carbonyl (C=O) groups is 1. The van der Waals surface area contributed by atoms with E-state index in [0.717, 1.165) is 36.3 Å². The lowest BCUT2D eigenvalue weighted by Crippen LogP contribution is -2.30. The smallest absolute Gasteiger partial charge is 0.257 e. The normalized spacial score (nSPS) is 17.2. The molecule has 1 fully saturated rings. The molecule has 0 radical (unpaired) electrons. The van der Waals surface area contributed by atoms with Crippen molar-refractivity contribution in [2.75, 3.05) is 6.54 Å². The fraction of sp³-hybridized carbons (Fsp3) is 0.316. The molecule has 2 aromatic heterocycles. The maximum atomic E-state index is 13.1. The summed E-state index contributed by atoms with van der Waals surface area (Å²) in [6.45, 7) is 2.72. The summed E-state index contributed by atoms with van der Waals surface area (Å²) in [5, 5.41) is 8.68. The van der Waals surface area contributed by atoms with Gasteiger partial charge in [-0.3, -0.25) is 9.48 Å². The second-order valence-electron chi connectivity index (χ2n) is 6.49. The van der Waals surface area contributed by atoms with E-state index < -0.39 is 0 Å². The lowest BCUT2D eigenvalue weighted by atomic mass is 10.1. The highest BCUT2D eigenvalue weighted by molar-refractivity contribution is 5.95. The summed E-state index contributed by atoms with van der Waals surface area (Å²) in [6.07, 6.45) is 7.52. The number of nitrogens with zero attached hydrogens (tertiary/aromatic N) is 5.